The molecule has 2 atom stereocenters. The summed E-state index contributed by atoms with van der Waals surface area (Å²) < 4.78 is 0. The Morgan fingerprint density at radius 2 is 1.85 bits per heavy atom. The summed E-state index contributed by atoms with van der Waals surface area (Å²) in [5, 5.41) is 12.5. The van der Waals surface area contributed by atoms with Gasteiger partial charge in [0.15, 0.2) is 0 Å². The van der Waals surface area contributed by atoms with Crippen LogP contribution in [0.4, 0.5) is 0 Å². The van der Waals surface area contributed by atoms with E-state index in [9.17, 15) is 5.11 Å². The van der Waals surface area contributed by atoms with Gasteiger partial charge in [-0.2, -0.15) is 0 Å². The van der Waals surface area contributed by atoms with Crippen LogP contribution in [0.1, 0.15) is 19.4 Å². The van der Waals surface area contributed by atoms with Gasteiger partial charge in [0.25, 0.3) is 0 Å². The fourth-order valence-electron chi connectivity index (χ4n) is 1.05. The van der Waals surface area contributed by atoms with Gasteiger partial charge >= 0.3 is 0 Å². The van der Waals surface area contributed by atoms with E-state index >= 15 is 0 Å². The highest BCUT2D eigenvalue weighted by Crippen LogP contribution is 1.99. The first-order chi connectivity index (χ1) is 6.20. The molecule has 0 heterocycles. The Labute approximate surface area is 79.6 Å². The zero-order chi connectivity index (χ0) is 9.68. The van der Waals surface area contributed by atoms with E-state index in [-0.39, 0.29) is 12.1 Å². The first-order valence-corrected chi connectivity index (χ1v) is 4.65. The average molecular weight is 179 g/mol. The molecule has 1 unspecified atom stereocenters. The van der Waals surface area contributed by atoms with Gasteiger partial charge in [-0.05, 0) is 19.4 Å². The number of benzene rings is 1. The van der Waals surface area contributed by atoms with Crippen LogP contribution in [0, 0.1) is 0 Å². The van der Waals surface area contributed by atoms with Gasteiger partial charge in [0.1, 0.15) is 0 Å². The largest absolute Gasteiger partial charge is 0.392 e. The number of aliphatic hydroxyl groups is 1. The van der Waals surface area contributed by atoms with Crippen molar-refractivity contribution in [1.29, 1.82) is 0 Å². The molecule has 0 radical (unpaired) electrons. The van der Waals surface area contributed by atoms with E-state index in [0.29, 0.717) is 0 Å². The number of nitrogens with one attached hydrogen (secondary N) is 1. The molecule has 0 aliphatic heterocycles. The van der Waals surface area contributed by atoms with Crippen LogP contribution in [-0.2, 0) is 6.54 Å². The van der Waals surface area contributed by atoms with Gasteiger partial charge in [-0.3, -0.25) is 0 Å². The first-order valence-electron chi connectivity index (χ1n) is 4.65. The van der Waals surface area contributed by atoms with Crippen LogP contribution in [0.25, 0.3) is 0 Å². The average Bonchev–Trinajstić information content (AvgIpc) is 2.15. The fraction of sp³-hybridized carbons (Fsp3) is 0.455. The molecule has 0 aliphatic rings. The Kier molecular flexibility index (Phi) is 3.93. The third-order valence-electron chi connectivity index (χ3n) is 2.19. The summed E-state index contributed by atoms with van der Waals surface area (Å²) in [4.78, 5) is 0. The van der Waals surface area contributed by atoms with Crippen LogP contribution in [0.5, 0.6) is 0 Å². The van der Waals surface area contributed by atoms with Gasteiger partial charge < -0.3 is 10.4 Å². The minimum Gasteiger partial charge on any atom is -0.392 e. The summed E-state index contributed by atoms with van der Waals surface area (Å²) in [6.45, 7) is 4.59. The molecule has 0 bridgehead atoms. The van der Waals surface area contributed by atoms with E-state index in [1.165, 1.54) is 5.56 Å². The van der Waals surface area contributed by atoms with Crippen LogP contribution in [0.15, 0.2) is 30.3 Å². The van der Waals surface area contributed by atoms with Gasteiger partial charge in [-0.15, -0.1) is 0 Å². The van der Waals surface area contributed by atoms with Crippen molar-refractivity contribution in [2.45, 2.75) is 32.5 Å². The molecular formula is C11H17NO. The minimum atomic E-state index is -0.302. The van der Waals surface area contributed by atoms with Crippen LogP contribution >= 0.6 is 0 Å². The predicted octanol–water partition coefficient (Wildman–Crippen LogP) is 1.55. The van der Waals surface area contributed by atoms with Gasteiger partial charge in [0, 0.05) is 12.6 Å². The van der Waals surface area contributed by atoms with Gasteiger partial charge in [-0.1, -0.05) is 30.3 Å². The Morgan fingerprint density at radius 3 is 2.38 bits per heavy atom. The molecule has 1 aromatic carbocycles. The van der Waals surface area contributed by atoms with Gasteiger partial charge in [0.05, 0.1) is 6.10 Å². The predicted molar refractivity (Wildman–Crippen MR) is 54.4 cm³/mol. The molecule has 0 fully saturated rings. The first kappa shape index (κ1) is 10.2. The Morgan fingerprint density at radius 1 is 1.23 bits per heavy atom. The molecule has 1 aromatic rings. The quantitative estimate of drug-likeness (QED) is 0.735. The maximum atomic E-state index is 9.24. The molecule has 0 saturated heterocycles. The van der Waals surface area contributed by atoms with Gasteiger partial charge in [-0.25, -0.2) is 0 Å². The molecule has 72 valence electrons. The highest BCUT2D eigenvalue weighted by atomic mass is 16.3. The third kappa shape index (κ3) is 3.57. The SMILES string of the molecule is CC(O)[C@H](C)NCc1ccccc1. The molecule has 0 saturated carbocycles. The number of aliphatic hydroxyl groups excluding tert-OH is 1. The molecule has 2 N–H and O–H groups in total. The van der Waals surface area contributed by atoms with Crippen LogP contribution in [0.2, 0.25) is 0 Å². The highest BCUT2D eigenvalue weighted by molar-refractivity contribution is 5.14. The maximum Gasteiger partial charge on any atom is 0.0662 e. The lowest BCUT2D eigenvalue weighted by Crippen LogP contribution is -2.34. The lowest BCUT2D eigenvalue weighted by atomic mass is 10.2. The van der Waals surface area contributed by atoms with Crippen LogP contribution in [-0.4, -0.2) is 17.3 Å². The van der Waals surface area contributed by atoms with Crippen molar-refractivity contribution in [3.63, 3.8) is 0 Å². The van der Waals surface area contributed by atoms with Crippen molar-refractivity contribution in [3.8, 4) is 0 Å². The molecule has 0 aromatic heterocycles. The Hall–Kier alpha value is -0.860. The van der Waals surface area contributed by atoms with Crippen molar-refractivity contribution in [1.82, 2.24) is 5.32 Å². The molecular weight excluding hydrogens is 162 g/mol. The zero-order valence-electron chi connectivity index (χ0n) is 8.20. The lowest BCUT2D eigenvalue weighted by molar-refractivity contribution is 0.152. The smallest absolute Gasteiger partial charge is 0.0662 e. The summed E-state index contributed by atoms with van der Waals surface area (Å²) in [7, 11) is 0. The van der Waals surface area contributed by atoms with E-state index in [1.807, 2.05) is 25.1 Å². The lowest BCUT2D eigenvalue weighted by Gasteiger charge is -2.16. The second kappa shape index (κ2) is 5.00. The van der Waals surface area contributed by atoms with Crippen molar-refractivity contribution in [3.05, 3.63) is 35.9 Å². The number of hydrogen-bond acceptors (Lipinski definition) is 2. The van der Waals surface area contributed by atoms with Crippen molar-refractivity contribution in [2.75, 3.05) is 0 Å². The molecule has 0 spiro atoms. The number of hydrogen-bond donors (Lipinski definition) is 2. The zero-order valence-corrected chi connectivity index (χ0v) is 8.20. The van der Waals surface area contributed by atoms with Crippen molar-refractivity contribution < 1.29 is 5.11 Å². The van der Waals surface area contributed by atoms with Crippen LogP contribution < -0.4 is 5.32 Å². The van der Waals surface area contributed by atoms with E-state index in [2.05, 4.69) is 17.4 Å². The summed E-state index contributed by atoms with van der Waals surface area (Å²) in [5.74, 6) is 0. The summed E-state index contributed by atoms with van der Waals surface area (Å²) in [5.41, 5.74) is 1.25. The highest BCUT2D eigenvalue weighted by Gasteiger charge is 2.06. The standard InChI is InChI=1S/C11H17NO/c1-9(10(2)13)12-8-11-6-4-3-5-7-11/h3-7,9-10,12-13H,8H2,1-2H3/t9-,10?/m0/s1. The van der Waals surface area contributed by atoms with E-state index < -0.39 is 0 Å². The van der Waals surface area contributed by atoms with Gasteiger partial charge in [0.2, 0.25) is 0 Å². The van der Waals surface area contributed by atoms with Crippen LogP contribution in [0.3, 0.4) is 0 Å². The van der Waals surface area contributed by atoms with Crippen molar-refractivity contribution in [2.24, 2.45) is 0 Å². The monoisotopic (exact) mass is 179 g/mol. The molecule has 13 heavy (non-hydrogen) atoms. The van der Waals surface area contributed by atoms with E-state index in [1.54, 1.807) is 6.92 Å². The fourth-order valence-corrected chi connectivity index (χ4v) is 1.05. The minimum absolute atomic E-state index is 0.139. The second-order valence-corrected chi connectivity index (χ2v) is 3.40. The summed E-state index contributed by atoms with van der Waals surface area (Å²) >= 11 is 0. The third-order valence-corrected chi connectivity index (χ3v) is 2.19. The maximum absolute atomic E-state index is 9.24. The van der Waals surface area contributed by atoms with E-state index in [4.69, 9.17) is 0 Å². The molecule has 1 rings (SSSR count). The molecule has 2 nitrogen and oxygen atoms in total. The molecule has 0 aliphatic carbocycles. The topological polar surface area (TPSA) is 32.3 Å². The summed E-state index contributed by atoms with van der Waals surface area (Å²) in [6, 6.07) is 10.3. The Bertz CT molecular complexity index is 233. The molecule has 2 heteroatoms. The van der Waals surface area contributed by atoms with E-state index in [0.717, 1.165) is 6.54 Å². The summed E-state index contributed by atoms with van der Waals surface area (Å²) in [6.07, 6.45) is -0.302. The normalized spacial score (nSPS) is 15.3. The van der Waals surface area contributed by atoms with Crippen molar-refractivity contribution >= 4 is 0 Å². The molecule has 0 amide bonds. The Balaban J connectivity index is 2.35. The second-order valence-electron chi connectivity index (χ2n) is 3.40. The number of rotatable bonds is 4.